The van der Waals surface area contributed by atoms with Crippen molar-refractivity contribution in [2.75, 3.05) is 30.3 Å². The number of fused-ring (bicyclic) bond motifs is 1. The van der Waals surface area contributed by atoms with Crippen LogP contribution in [0, 0.1) is 0 Å². The summed E-state index contributed by atoms with van der Waals surface area (Å²) in [5.74, 6) is 0.243. The molecule has 0 radical (unpaired) electrons. The van der Waals surface area contributed by atoms with E-state index in [1.165, 1.54) is 4.90 Å². The molecular weight excluding hydrogens is 270 g/mol. The molecule has 0 aromatic heterocycles. The van der Waals surface area contributed by atoms with Gasteiger partial charge in [-0.25, -0.2) is 0 Å². The van der Waals surface area contributed by atoms with Crippen LogP contribution in [-0.4, -0.2) is 42.5 Å². The molecular formula is C15H21N3O3. The average Bonchev–Trinajstić information content (AvgIpc) is 2.45. The number of hydrogen-bond acceptors (Lipinski definition) is 4. The Morgan fingerprint density at radius 1 is 1.38 bits per heavy atom. The minimum absolute atomic E-state index is 0.0190. The van der Waals surface area contributed by atoms with Gasteiger partial charge in [0.05, 0.1) is 5.69 Å². The Kier molecular flexibility index (Phi) is 4.35. The van der Waals surface area contributed by atoms with Crippen molar-refractivity contribution < 1.29 is 14.3 Å². The first-order chi connectivity index (χ1) is 9.97. The van der Waals surface area contributed by atoms with Gasteiger partial charge in [-0.15, -0.1) is 0 Å². The Labute approximate surface area is 124 Å². The highest BCUT2D eigenvalue weighted by Crippen LogP contribution is 2.35. The summed E-state index contributed by atoms with van der Waals surface area (Å²) >= 11 is 0. The molecule has 2 N–H and O–H groups in total. The van der Waals surface area contributed by atoms with Gasteiger partial charge in [0.15, 0.2) is 6.10 Å². The molecule has 1 atom stereocenters. The number of likely N-dealkylation sites (N-methyl/N-ethyl adjacent to an activating group) is 1. The summed E-state index contributed by atoms with van der Waals surface area (Å²) in [6.07, 6.45) is -0.621. The summed E-state index contributed by atoms with van der Waals surface area (Å²) < 4.78 is 5.55. The van der Waals surface area contributed by atoms with Gasteiger partial charge < -0.3 is 15.4 Å². The number of carbonyl (C=O) groups is 2. The van der Waals surface area contributed by atoms with Crippen LogP contribution >= 0.6 is 0 Å². The summed E-state index contributed by atoms with van der Waals surface area (Å²) in [7, 11) is 0. The Morgan fingerprint density at radius 3 is 2.67 bits per heavy atom. The van der Waals surface area contributed by atoms with Crippen molar-refractivity contribution in [1.82, 2.24) is 4.90 Å². The van der Waals surface area contributed by atoms with Gasteiger partial charge in [0.2, 0.25) is 5.91 Å². The van der Waals surface area contributed by atoms with Crippen LogP contribution in [0.15, 0.2) is 18.2 Å². The lowest BCUT2D eigenvalue weighted by molar-refractivity contribution is -0.132. The Balaban J connectivity index is 2.30. The number of nitrogen functional groups attached to an aromatic ring is 1. The minimum Gasteiger partial charge on any atom is -0.479 e. The molecule has 114 valence electrons. The molecule has 0 saturated carbocycles. The highest BCUT2D eigenvalue weighted by Gasteiger charge is 2.33. The maximum Gasteiger partial charge on any atom is 0.268 e. The molecule has 1 heterocycles. The van der Waals surface area contributed by atoms with Crippen LogP contribution in [0.25, 0.3) is 0 Å². The molecule has 0 saturated heterocycles. The van der Waals surface area contributed by atoms with Crippen LogP contribution in [-0.2, 0) is 9.59 Å². The second kappa shape index (κ2) is 6.03. The number of ether oxygens (including phenoxy) is 1. The minimum atomic E-state index is -0.621. The SMILES string of the molecule is CCN(CC)C(=O)CN1C(=O)C(C)Oc2cc(N)ccc21. The van der Waals surface area contributed by atoms with E-state index in [0.717, 1.165) is 0 Å². The van der Waals surface area contributed by atoms with Gasteiger partial charge in [-0.05, 0) is 32.9 Å². The fourth-order valence-corrected chi connectivity index (χ4v) is 2.40. The van der Waals surface area contributed by atoms with E-state index in [9.17, 15) is 9.59 Å². The van der Waals surface area contributed by atoms with E-state index in [4.69, 9.17) is 10.5 Å². The van der Waals surface area contributed by atoms with Gasteiger partial charge in [0, 0.05) is 24.8 Å². The molecule has 1 aromatic rings. The second-order valence-electron chi connectivity index (χ2n) is 4.98. The zero-order valence-electron chi connectivity index (χ0n) is 12.6. The van der Waals surface area contributed by atoms with E-state index in [1.54, 1.807) is 30.0 Å². The van der Waals surface area contributed by atoms with E-state index in [2.05, 4.69) is 0 Å². The molecule has 1 aromatic carbocycles. The summed E-state index contributed by atoms with van der Waals surface area (Å²) in [4.78, 5) is 27.8. The van der Waals surface area contributed by atoms with Crippen molar-refractivity contribution in [1.29, 1.82) is 0 Å². The van der Waals surface area contributed by atoms with Gasteiger partial charge in [0.25, 0.3) is 5.91 Å². The van der Waals surface area contributed by atoms with Crippen molar-refractivity contribution in [3.8, 4) is 5.75 Å². The zero-order valence-corrected chi connectivity index (χ0v) is 12.6. The predicted octanol–water partition coefficient (Wildman–Crippen LogP) is 1.25. The van der Waals surface area contributed by atoms with E-state index in [0.29, 0.717) is 30.2 Å². The van der Waals surface area contributed by atoms with Crippen LogP contribution in [0.2, 0.25) is 0 Å². The standard InChI is InChI=1S/C15H21N3O3/c1-4-17(5-2)14(19)9-18-12-7-6-11(16)8-13(12)21-10(3)15(18)20/h6-8,10H,4-5,9,16H2,1-3H3. The highest BCUT2D eigenvalue weighted by atomic mass is 16.5. The third kappa shape index (κ3) is 2.94. The number of nitrogens with zero attached hydrogens (tertiary/aromatic N) is 2. The zero-order chi connectivity index (χ0) is 15.6. The maximum atomic E-state index is 12.3. The molecule has 6 nitrogen and oxygen atoms in total. The molecule has 2 amide bonds. The number of amides is 2. The number of benzene rings is 1. The van der Waals surface area contributed by atoms with Crippen LogP contribution < -0.4 is 15.4 Å². The fraction of sp³-hybridized carbons (Fsp3) is 0.467. The van der Waals surface area contributed by atoms with Gasteiger partial charge in [-0.3, -0.25) is 14.5 Å². The summed E-state index contributed by atoms with van der Waals surface area (Å²) in [5, 5.41) is 0. The highest BCUT2D eigenvalue weighted by molar-refractivity contribution is 6.03. The van der Waals surface area contributed by atoms with E-state index < -0.39 is 6.10 Å². The molecule has 0 aliphatic carbocycles. The molecule has 0 fully saturated rings. The van der Waals surface area contributed by atoms with Crippen molar-refractivity contribution in [2.24, 2.45) is 0 Å². The Hall–Kier alpha value is -2.24. The normalized spacial score (nSPS) is 17.2. The van der Waals surface area contributed by atoms with Gasteiger partial charge in [0.1, 0.15) is 12.3 Å². The molecule has 1 aliphatic heterocycles. The van der Waals surface area contributed by atoms with Gasteiger partial charge >= 0.3 is 0 Å². The number of carbonyl (C=O) groups excluding carboxylic acids is 2. The Bertz CT molecular complexity index is 555. The molecule has 21 heavy (non-hydrogen) atoms. The van der Waals surface area contributed by atoms with Crippen molar-refractivity contribution in [2.45, 2.75) is 26.9 Å². The average molecular weight is 291 g/mol. The molecule has 6 heteroatoms. The van der Waals surface area contributed by atoms with Crippen molar-refractivity contribution in [3.05, 3.63) is 18.2 Å². The molecule has 1 aliphatic rings. The van der Waals surface area contributed by atoms with Crippen LogP contribution in [0.3, 0.4) is 0 Å². The Morgan fingerprint density at radius 2 is 2.05 bits per heavy atom. The van der Waals surface area contributed by atoms with E-state index >= 15 is 0 Å². The molecule has 2 rings (SSSR count). The molecule has 0 spiro atoms. The predicted molar refractivity (Wildman–Crippen MR) is 81.2 cm³/mol. The lowest BCUT2D eigenvalue weighted by Crippen LogP contribution is -2.49. The number of anilines is 2. The van der Waals surface area contributed by atoms with E-state index in [1.807, 2.05) is 13.8 Å². The third-order valence-corrected chi connectivity index (χ3v) is 3.60. The first-order valence-corrected chi connectivity index (χ1v) is 7.13. The molecule has 1 unspecified atom stereocenters. The summed E-state index contributed by atoms with van der Waals surface area (Å²) in [6, 6.07) is 5.08. The van der Waals surface area contributed by atoms with E-state index in [-0.39, 0.29) is 18.4 Å². The maximum absolute atomic E-state index is 12.3. The second-order valence-corrected chi connectivity index (χ2v) is 4.98. The van der Waals surface area contributed by atoms with Crippen LogP contribution in [0.1, 0.15) is 20.8 Å². The quantitative estimate of drug-likeness (QED) is 0.847. The molecule has 0 bridgehead atoms. The van der Waals surface area contributed by atoms with Gasteiger partial charge in [-0.1, -0.05) is 0 Å². The number of hydrogen-bond donors (Lipinski definition) is 1. The largest absolute Gasteiger partial charge is 0.479 e. The number of rotatable bonds is 4. The van der Waals surface area contributed by atoms with Crippen molar-refractivity contribution in [3.63, 3.8) is 0 Å². The van der Waals surface area contributed by atoms with Crippen LogP contribution in [0.5, 0.6) is 5.75 Å². The smallest absolute Gasteiger partial charge is 0.268 e. The summed E-state index contributed by atoms with van der Waals surface area (Å²) in [5.41, 5.74) is 6.89. The van der Waals surface area contributed by atoms with Crippen LogP contribution in [0.4, 0.5) is 11.4 Å². The summed E-state index contributed by atoms with van der Waals surface area (Å²) in [6.45, 7) is 6.77. The first kappa shape index (κ1) is 15.2. The van der Waals surface area contributed by atoms with Gasteiger partial charge in [-0.2, -0.15) is 0 Å². The monoisotopic (exact) mass is 291 g/mol. The lowest BCUT2D eigenvalue weighted by atomic mass is 10.1. The fourth-order valence-electron chi connectivity index (χ4n) is 2.40. The third-order valence-electron chi connectivity index (χ3n) is 3.60. The number of nitrogens with two attached hydrogens (primary N) is 1. The first-order valence-electron chi connectivity index (χ1n) is 7.13. The lowest BCUT2D eigenvalue weighted by Gasteiger charge is -2.33. The topological polar surface area (TPSA) is 75.9 Å². The van der Waals surface area contributed by atoms with Crippen molar-refractivity contribution >= 4 is 23.2 Å².